The minimum absolute atomic E-state index is 0.0376. The minimum atomic E-state index is -2.00. The molecule has 0 bridgehead atoms. The highest BCUT2D eigenvalue weighted by Gasteiger charge is 2.31. The molecule has 224 valence electrons. The number of ether oxygens (including phenoxy) is 1. The summed E-state index contributed by atoms with van der Waals surface area (Å²) >= 11 is 6.40. The Morgan fingerprint density at radius 1 is 1.09 bits per heavy atom. The first kappa shape index (κ1) is 30.5. The lowest BCUT2D eigenvalue weighted by atomic mass is 10.1. The summed E-state index contributed by atoms with van der Waals surface area (Å²) in [4.78, 5) is 38.8. The number of piperazine rings is 1. The average Bonchev–Trinajstić information content (AvgIpc) is 3.23. The van der Waals surface area contributed by atoms with E-state index in [-0.39, 0.29) is 12.5 Å². The number of nitrogen functional groups attached to an aromatic ring is 1. The Morgan fingerprint density at radius 2 is 1.86 bits per heavy atom. The fourth-order valence-corrected chi connectivity index (χ4v) is 7.44. The van der Waals surface area contributed by atoms with Gasteiger partial charge in [0.15, 0.2) is 0 Å². The third kappa shape index (κ3) is 6.69. The summed E-state index contributed by atoms with van der Waals surface area (Å²) in [6.45, 7) is 14.6. The number of anilines is 1. The maximum atomic E-state index is 13.5. The lowest BCUT2D eigenvalue weighted by Crippen LogP contribution is -2.49. The number of aromatic nitrogens is 3. The standard InChI is InChI=1S/C32H37ClN6O3Si/c1-32(2,3)42-31(41)39-26-12-10-22(33)17-24(26)29(43(4,5)6)27(39)8-7-13-37-14-15-38(28(40)19-37)18-21-9-11-23-25(16-21)35-20-36-30(23)34/h9-12,16-17,20H,13-15,18-19H2,1-6H3,(H2,34,35,36). The van der Waals surface area contributed by atoms with Crippen LogP contribution in [-0.4, -0.2) is 76.2 Å². The van der Waals surface area contributed by atoms with Gasteiger partial charge in [-0.15, -0.1) is 0 Å². The highest BCUT2D eigenvalue weighted by molar-refractivity contribution is 6.91. The van der Waals surface area contributed by atoms with Crippen LogP contribution >= 0.6 is 11.6 Å². The molecule has 2 N–H and O–H groups in total. The number of carbonyl (C=O) groups excluding carboxylic acids is 2. The maximum absolute atomic E-state index is 13.5. The van der Waals surface area contributed by atoms with Crippen molar-refractivity contribution < 1.29 is 14.3 Å². The molecule has 0 spiro atoms. The Bertz CT molecular complexity index is 1790. The normalized spacial score (nSPS) is 14.7. The molecule has 1 fully saturated rings. The van der Waals surface area contributed by atoms with E-state index in [1.165, 1.54) is 6.33 Å². The van der Waals surface area contributed by atoms with E-state index in [1.54, 1.807) is 10.6 Å². The molecule has 11 heteroatoms. The van der Waals surface area contributed by atoms with Gasteiger partial charge >= 0.3 is 6.09 Å². The van der Waals surface area contributed by atoms with Gasteiger partial charge in [-0.3, -0.25) is 9.69 Å². The van der Waals surface area contributed by atoms with Crippen molar-refractivity contribution in [1.29, 1.82) is 0 Å². The second-order valence-electron chi connectivity index (χ2n) is 12.9. The smallest absolute Gasteiger partial charge is 0.420 e. The van der Waals surface area contributed by atoms with Crippen LogP contribution in [0.2, 0.25) is 24.7 Å². The summed E-state index contributed by atoms with van der Waals surface area (Å²) in [5, 5.41) is 3.39. The molecule has 0 atom stereocenters. The first-order valence-electron chi connectivity index (χ1n) is 14.3. The zero-order chi connectivity index (χ0) is 31.1. The number of nitrogens with zero attached hydrogens (tertiary/aromatic N) is 5. The molecule has 1 aliphatic rings. The number of rotatable bonds is 4. The topological polar surface area (TPSA) is 107 Å². The van der Waals surface area contributed by atoms with Gasteiger partial charge in [-0.1, -0.05) is 43.2 Å². The Hall–Kier alpha value is -3.91. The Balaban J connectivity index is 1.37. The zero-order valence-electron chi connectivity index (χ0n) is 25.5. The second-order valence-corrected chi connectivity index (χ2v) is 18.3. The molecule has 1 saturated heterocycles. The number of halogens is 1. The van der Waals surface area contributed by atoms with Gasteiger partial charge in [0.05, 0.1) is 32.2 Å². The fourth-order valence-electron chi connectivity index (χ4n) is 5.37. The van der Waals surface area contributed by atoms with Gasteiger partial charge in [-0.05, 0) is 67.8 Å². The van der Waals surface area contributed by atoms with Gasteiger partial charge in [0.2, 0.25) is 5.91 Å². The highest BCUT2D eigenvalue weighted by atomic mass is 35.5. The predicted octanol–water partition coefficient (Wildman–Crippen LogP) is 4.84. The number of fused-ring (bicyclic) bond motifs is 2. The zero-order valence-corrected chi connectivity index (χ0v) is 27.2. The first-order chi connectivity index (χ1) is 20.2. The molecule has 2 aromatic carbocycles. The van der Waals surface area contributed by atoms with Crippen LogP contribution in [-0.2, 0) is 16.1 Å². The number of carbonyl (C=O) groups is 2. The SMILES string of the molecule is CC(C)(C)OC(=O)n1c(C#CCN2CCN(Cc3ccc4c(N)ncnc4c3)C(=O)C2)c([Si](C)(C)C)c2cc(Cl)ccc21. The summed E-state index contributed by atoms with van der Waals surface area (Å²) in [6.07, 6.45) is 0.974. The summed E-state index contributed by atoms with van der Waals surface area (Å²) in [7, 11) is -2.00. The number of benzene rings is 2. The highest BCUT2D eigenvalue weighted by Crippen LogP contribution is 2.26. The fraction of sp³-hybridized carbons (Fsp3) is 0.375. The molecule has 1 aliphatic heterocycles. The molecule has 0 radical (unpaired) electrons. The van der Waals surface area contributed by atoms with Crippen LogP contribution in [0.5, 0.6) is 0 Å². The largest absolute Gasteiger partial charge is 0.443 e. The van der Waals surface area contributed by atoms with E-state index in [0.717, 1.165) is 32.6 Å². The summed E-state index contributed by atoms with van der Waals surface area (Å²) in [5.41, 5.74) is 8.39. The minimum Gasteiger partial charge on any atom is -0.443 e. The molecular weight excluding hydrogens is 580 g/mol. The second kappa shape index (κ2) is 11.6. The van der Waals surface area contributed by atoms with E-state index >= 15 is 0 Å². The van der Waals surface area contributed by atoms with Gasteiger partial charge in [-0.25, -0.2) is 19.3 Å². The number of hydrogen-bond acceptors (Lipinski definition) is 7. The van der Waals surface area contributed by atoms with E-state index in [4.69, 9.17) is 22.1 Å². The molecule has 2 aromatic heterocycles. The van der Waals surface area contributed by atoms with Crippen molar-refractivity contribution in [3.63, 3.8) is 0 Å². The van der Waals surface area contributed by atoms with Crippen LogP contribution in [0.25, 0.3) is 21.8 Å². The van der Waals surface area contributed by atoms with Crippen LogP contribution in [0.15, 0.2) is 42.7 Å². The Kier molecular flexibility index (Phi) is 8.27. The van der Waals surface area contributed by atoms with E-state index in [0.29, 0.717) is 42.7 Å². The first-order valence-corrected chi connectivity index (χ1v) is 18.1. The Labute approximate surface area is 258 Å². The van der Waals surface area contributed by atoms with Crippen molar-refractivity contribution in [2.45, 2.75) is 52.6 Å². The third-order valence-corrected chi connectivity index (χ3v) is 9.51. The Morgan fingerprint density at radius 3 is 2.56 bits per heavy atom. The number of amides is 1. The molecule has 4 aromatic rings. The molecule has 9 nitrogen and oxygen atoms in total. The van der Waals surface area contributed by atoms with Gasteiger partial charge in [-0.2, -0.15) is 0 Å². The molecule has 0 aliphatic carbocycles. The molecule has 1 amide bonds. The van der Waals surface area contributed by atoms with Gasteiger partial charge in [0, 0.05) is 35.4 Å². The quantitative estimate of drug-likeness (QED) is 0.258. The van der Waals surface area contributed by atoms with Crippen molar-refractivity contribution in [2.75, 3.05) is 31.9 Å². The lowest BCUT2D eigenvalue weighted by Gasteiger charge is -2.33. The number of nitrogens with two attached hydrogens (primary N) is 1. The van der Waals surface area contributed by atoms with E-state index < -0.39 is 19.8 Å². The molecule has 5 rings (SSSR count). The monoisotopic (exact) mass is 616 g/mol. The van der Waals surface area contributed by atoms with Crippen LogP contribution in [0.1, 0.15) is 32.0 Å². The average molecular weight is 617 g/mol. The number of hydrogen-bond donors (Lipinski definition) is 1. The third-order valence-electron chi connectivity index (χ3n) is 7.27. The summed E-state index contributed by atoms with van der Waals surface area (Å²) in [6, 6.07) is 11.3. The molecule has 0 unspecified atom stereocenters. The van der Waals surface area contributed by atoms with Crippen molar-refractivity contribution in [3.8, 4) is 11.8 Å². The van der Waals surface area contributed by atoms with Crippen LogP contribution in [0.3, 0.4) is 0 Å². The van der Waals surface area contributed by atoms with Gasteiger partial charge in [0.1, 0.15) is 23.4 Å². The van der Waals surface area contributed by atoms with Crippen LogP contribution in [0, 0.1) is 11.8 Å². The lowest BCUT2D eigenvalue weighted by molar-refractivity contribution is -0.136. The van der Waals surface area contributed by atoms with Crippen molar-refractivity contribution in [3.05, 3.63) is 59.0 Å². The van der Waals surface area contributed by atoms with Crippen molar-refractivity contribution in [1.82, 2.24) is 24.3 Å². The molecule has 3 heterocycles. The van der Waals surface area contributed by atoms with Crippen molar-refractivity contribution in [2.24, 2.45) is 0 Å². The molecule has 43 heavy (non-hydrogen) atoms. The maximum Gasteiger partial charge on any atom is 0.420 e. The molecule has 0 saturated carbocycles. The van der Waals surface area contributed by atoms with Crippen molar-refractivity contribution >= 4 is 64.5 Å². The van der Waals surface area contributed by atoms with Crippen LogP contribution in [0.4, 0.5) is 10.6 Å². The van der Waals surface area contributed by atoms with Crippen LogP contribution < -0.4 is 10.9 Å². The summed E-state index contributed by atoms with van der Waals surface area (Å²) < 4.78 is 7.38. The van der Waals surface area contributed by atoms with E-state index in [1.807, 2.05) is 60.9 Å². The predicted molar refractivity (Wildman–Crippen MR) is 174 cm³/mol. The summed E-state index contributed by atoms with van der Waals surface area (Å²) in [5.74, 6) is 7.06. The van der Waals surface area contributed by atoms with Gasteiger partial charge < -0.3 is 15.4 Å². The molecular formula is C32H37ClN6O3Si. The van der Waals surface area contributed by atoms with Gasteiger partial charge in [0.25, 0.3) is 0 Å². The van der Waals surface area contributed by atoms with E-state index in [2.05, 4.69) is 41.4 Å². The van der Waals surface area contributed by atoms with E-state index in [9.17, 15) is 9.59 Å².